The summed E-state index contributed by atoms with van der Waals surface area (Å²) in [6.45, 7) is 3.72. The fourth-order valence-corrected chi connectivity index (χ4v) is 1.81. The van der Waals surface area contributed by atoms with Gasteiger partial charge in [-0.3, -0.25) is 0 Å². The number of aliphatic hydroxyl groups excluding tert-OH is 1. The van der Waals surface area contributed by atoms with Gasteiger partial charge in [-0.2, -0.15) is 8.78 Å². The van der Waals surface area contributed by atoms with Crippen molar-refractivity contribution in [3.8, 4) is 0 Å². The number of rotatable bonds is 7. The molecule has 2 nitrogen and oxygen atoms in total. The van der Waals surface area contributed by atoms with Gasteiger partial charge in [0.25, 0.3) is 5.92 Å². The number of hydrogen-bond acceptors (Lipinski definition) is 2. The molecule has 0 amide bonds. The predicted octanol–water partition coefficient (Wildman–Crippen LogP) is 2.78. The van der Waals surface area contributed by atoms with Crippen LogP contribution in [0.1, 0.15) is 25.8 Å². The molecule has 1 unspecified atom stereocenters. The van der Waals surface area contributed by atoms with Crippen molar-refractivity contribution in [2.45, 2.75) is 32.3 Å². The van der Waals surface area contributed by atoms with Crippen molar-refractivity contribution in [2.24, 2.45) is 5.92 Å². The van der Waals surface area contributed by atoms with Crippen molar-refractivity contribution in [1.82, 2.24) is 5.32 Å². The van der Waals surface area contributed by atoms with Crippen molar-refractivity contribution >= 4 is 0 Å². The molecule has 0 heterocycles. The van der Waals surface area contributed by atoms with Crippen LogP contribution < -0.4 is 5.32 Å². The van der Waals surface area contributed by atoms with Gasteiger partial charge >= 0.3 is 0 Å². The van der Waals surface area contributed by atoms with Gasteiger partial charge in [-0.1, -0.05) is 44.2 Å². The maximum Gasteiger partial charge on any atom is 0.285 e. The molecule has 1 atom stereocenters. The quantitative estimate of drug-likeness (QED) is 0.787. The average Bonchev–Trinajstić information content (AvgIpc) is 2.29. The van der Waals surface area contributed by atoms with Crippen molar-refractivity contribution in [1.29, 1.82) is 0 Å². The fourth-order valence-electron chi connectivity index (χ4n) is 1.81. The molecule has 2 N–H and O–H groups in total. The highest BCUT2D eigenvalue weighted by atomic mass is 19.3. The minimum atomic E-state index is -2.90. The summed E-state index contributed by atoms with van der Waals surface area (Å²) in [5.41, 5.74) is -0.00384. The van der Waals surface area contributed by atoms with E-state index in [-0.39, 0.29) is 12.1 Å². The van der Waals surface area contributed by atoms with Gasteiger partial charge in [-0.15, -0.1) is 0 Å². The lowest BCUT2D eigenvalue weighted by Crippen LogP contribution is -2.36. The average molecular weight is 257 g/mol. The van der Waals surface area contributed by atoms with Crippen molar-refractivity contribution in [3.63, 3.8) is 0 Å². The van der Waals surface area contributed by atoms with Crippen LogP contribution in [0.25, 0.3) is 0 Å². The maximum atomic E-state index is 13.7. The number of halogens is 2. The van der Waals surface area contributed by atoms with Gasteiger partial charge in [0.2, 0.25) is 0 Å². The Kier molecular flexibility index (Phi) is 5.69. The van der Waals surface area contributed by atoms with Crippen LogP contribution in [0.5, 0.6) is 0 Å². The van der Waals surface area contributed by atoms with Crippen LogP contribution in [0.2, 0.25) is 0 Å². The number of hydrogen-bond donors (Lipinski definition) is 2. The molecule has 0 spiro atoms. The van der Waals surface area contributed by atoms with Crippen LogP contribution in [0.15, 0.2) is 30.3 Å². The zero-order valence-electron chi connectivity index (χ0n) is 10.9. The van der Waals surface area contributed by atoms with Gasteiger partial charge in [0, 0.05) is 12.1 Å². The first kappa shape index (κ1) is 15.1. The molecule has 1 aromatic rings. The van der Waals surface area contributed by atoms with Gasteiger partial charge in [0.05, 0.1) is 12.6 Å². The molecule has 0 radical (unpaired) electrons. The molecule has 0 aliphatic heterocycles. The van der Waals surface area contributed by atoms with Gasteiger partial charge in [0.1, 0.15) is 0 Å². The summed E-state index contributed by atoms with van der Waals surface area (Å²) in [4.78, 5) is 0. The Morgan fingerprint density at radius 3 is 2.39 bits per heavy atom. The minimum absolute atomic E-state index is 0.00384. The third kappa shape index (κ3) is 5.10. The number of benzene rings is 1. The van der Waals surface area contributed by atoms with Gasteiger partial charge in [-0.05, 0) is 12.3 Å². The summed E-state index contributed by atoms with van der Waals surface area (Å²) in [6, 6.07) is 7.71. The molecule has 18 heavy (non-hydrogen) atoms. The molecule has 1 aromatic carbocycles. The maximum absolute atomic E-state index is 13.7. The van der Waals surface area contributed by atoms with Crippen LogP contribution in [0.4, 0.5) is 8.78 Å². The van der Waals surface area contributed by atoms with Crippen LogP contribution in [-0.2, 0) is 5.92 Å². The van der Waals surface area contributed by atoms with E-state index in [4.69, 9.17) is 0 Å². The third-order valence-corrected chi connectivity index (χ3v) is 2.67. The first-order valence-electron chi connectivity index (χ1n) is 6.24. The summed E-state index contributed by atoms with van der Waals surface area (Å²) in [7, 11) is 0. The van der Waals surface area contributed by atoms with Gasteiger partial charge < -0.3 is 10.4 Å². The van der Waals surface area contributed by atoms with Crippen LogP contribution in [-0.4, -0.2) is 24.3 Å². The molecule has 0 bridgehead atoms. The smallest absolute Gasteiger partial charge is 0.285 e. The highest BCUT2D eigenvalue weighted by Gasteiger charge is 2.30. The normalized spacial score (nSPS) is 13.9. The van der Waals surface area contributed by atoms with E-state index in [0.29, 0.717) is 12.3 Å². The van der Waals surface area contributed by atoms with Gasteiger partial charge in [-0.25, -0.2) is 0 Å². The molecular formula is C14H21F2NO. The Hall–Kier alpha value is -1.00. The van der Waals surface area contributed by atoms with E-state index in [9.17, 15) is 13.9 Å². The summed E-state index contributed by atoms with van der Waals surface area (Å²) in [6.07, 6.45) is 0.0424. The molecule has 0 aliphatic carbocycles. The topological polar surface area (TPSA) is 32.3 Å². The highest BCUT2D eigenvalue weighted by molar-refractivity contribution is 5.20. The second-order valence-corrected chi connectivity index (χ2v) is 4.98. The van der Waals surface area contributed by atoms with E-state index in [1.165, 1.54) is 12.1 Å². The number of alkyl halides is 2. The Morgan fingerprint density at radius 1 is 1.22 bits per heavy atom. The molecule has 0 saturated heterocycles. The summed E-state index contributed by atoms with van der Waals surface area (Å²) < 4.78 is 27.4. The SMILES string of the molecule is CC(C)CC(O)CNCC(F)(F)c1ccccc1. The molecule has 1 rings (SSSR count). The van der Waals surface area contributed by atoms with Crippen LogP contribution >= 0.6 is 0 Å². The lowest BCUT2D eigenvalue weighted by Gasteiger charge is -2.19. The zero-order chi connectivity index (χ0) is 13.6. The summed E-state index contributed by atoms with van der Waals surface area (Å²) in [5.74, 6) is -2.55. The monoisotopic (exact) mass is 257 g/mol. The Bertz CT molecular complexity index is 341. The zero-order valence-corrected chi connectivity index (χ0v) is 10.9. The second kappa shape index (κ2) is 6.81. The van der Waals surface area contributed by atoms with E-state index in [1.54, 1.807) is 18.2 Å². The van der Waals surface area contributed by atoms with Crippen molar-refractivity contribution in [3.05, 3.63) is 35.9 Å². The number of nitrogens with one attached hydrogen (secondary N) is 1. The first-order valence-corrected chi connectivity index (χ1v) is 6.24. The molecule has 102 valence electrons. The summed E-state index contributed by atoms with van der Waals surface area (Å²) >= 11 is 0. The molecule has 0 aromatic heterocycles. The summed E-state index contributed by atoms with van der Waals surface area (Å²) in [5, 5.41) is 12.2. The third-order valence-electron chi connectivity index (χ3n) is 2.67. The van der Waals surface area contributed by atoms with E-state index in [2.05, 4.69) is 5.32 Å². The Morgan fingerprint density at radius 2 is 1.83 bits per heavy atom. The molecule has 0 fully saturated rings. The first-order chi connectivity index (χ1) is 8.42. The second-order valence-electron chi connectivity index (χ2n) is 4.98. The fraction of sp³-hybridized carbons (Fsp3) is 0.571. The minimum Gasteiger partial charge on any atom is -0.392 e. The Labute approximate surface area is 107 Å². The van der Waals surface area contributed by atoms with E-state index in [1.807, 2.05) is 13.8 Å². The Balaban J connectivity index is 2.38. The standard InChI is InChI=1S/C14H21F2NO/c1-11(2)8-13(18)9-17-10-14(15,16)12-6-4-3-5-7-12/h3-7,11,13,17-18H,8-10H2,1-2H3. The van der Waals surface area contributed by atoms with Crippen LogP contribution in [0.3, 0.4) is 0 Å². The van der Waals surface area contributed by atoms with E-state index < -0.39 is 18.6 Å². The van der Waals surface area contributed by atoms with Crippen LogP contribution in [0, 0.1) is 5.92 Å². The highest BCUT2D eigenvalue weighted by Crippen LogP contribution is 2.26. The molecule has 0 aliphatic rings. The molecule has 0 saturated carbocycles. The lowest BCUT2D eigenvalue weighted by atomic mass is 10.1. The molecular weight excluding hydrogens is 236 g/mol. The van der Waals surface area contributed by atoms with E-state index in [0.717, 1.165) is 0 Å². The molecule has 4 heteroatoms. The van der Waals surface area contributed by atoms with Crippen molar-refractivity contribution < 1.29 is 13.9 Å². The van der Waals surface area contributed by atoms with E-state index >= 15 is 0 Å². The lowest BCUT2D eigenvalue weighted by molar-refractivity contribution is -0.00597. The number of aliphatic hydroxyl groups is 1. The predicted molar refractivity (Wildman–Crippen MR) is 68.7 cm³/mol. The van der Waals surface area contributed by atoms with Crippen molar-refractivity contribution in [2.75, 3.05) is 13.1 Å². The van der Waals surface area contributed by atoms with Gasteiger partial charge in [0.15, 0.2) is 0 Å². The largest absolute Gasteiger partial charge is 0.392 e.